The Morgan fingerprint density at radius 1 is 1.47 bits per heavy atom. The Balaban J connectivity index is 2.23. The van der Waals surface area contributed by atoms with E-state index < -0.39 is 5.97 Å². The first-order chi connectivity index (χ1) is 7.16. The van der Waals surface area contributed by atoms with Crippen molar-refractivity contribution in [3.05, 3.63) is 28.8 Å². The maximum Gasteiger partial charge on any atom is 0.337 e. The van der Waals surface area contributed by atoms with Gasteiger partial charge in [-0.1, -0.05) is 11.6 Å². The number of benzene rings is 1. The van der Waals surface area contributed by atoms with Crippen molar-refractivity contribution in [2.45, 2.75) is 25.3 Å². The van der Waals surface area contributed by atoms with Crippen LogP contribution in [0.5, 0.6) is 0 Å². The van der Waals surface area contributed by atoms with Gasteiger partial charge in [-0.2, -0.15) is 0 Å². The molecule has 1 aliphatic carbocycles. The van der Waals surface area contributed by atoms with Crippen LogP contribution in [0.15, 0.2) is 18.2 Å². The van der Waals surface area contributed by atoms with Crippen molar-refractivity contribution in [2.24, 2.45) is 0 Å². The van der Waals surface area contributed by atoms with E-state index in [1.807, 2.05) is 0 Å². The van der Waals surface area contributed by atoms with Crippen LogP contribution in [0.2, 0.25) is 5.02 Å². The Labute approximate surface area is 93.1 Å². The Bertz CT molecular complexity index is 388. The van der Waals surface area contributed by atoms with E-state index in [1.54, 1.807) is 12.1 Å². The second-order valence-corrected chi connectivity index (χ2v) is 4.20. The lowest BCUT2D eigenvalue weighted by atomic mass is 9.92. The molecule has 0 amide bonds. The van der Waals surface area contributed by atoms with E-state index in [9.17, 15) is 4.79 Å². The van der Waals surface area contributed by atoms with E-state index in [4.69, 9.17) is 16.7 Å². The molecular formula is C11H12ClNO2. The summed E-state index contributed by atoms with van der Waals surface area (Å²) >= 11 is 5.75. The summed E-state index contributed by atoms with van der Waals surface area (Å²) in [4.78, 5) is 11.0. The molecule has 1 aromatic rings. The zero-order chi connectivity index (χ0) is 10.8. The first-order valence-electron chi connectivity index (χ1n) is 4.96. The molecule has 4 heteroatoms. The molecule has 3 nitrogen and oxygen atoms in total. The summed E-state index contributed by atoms with van der Waals surface area (Å²) in [6, 6.07) is 5.33. The van der Waals surface area contributed by atoms with Gasteiger partial charge in [-0.3, -0.25) is 0 Å². The van der Waals surface area contributed by atoms with Crippen LogP contribution in [0.4, 0.5) is 5.69 Å². The molecule has 0 heterocycles. The van der Waals surface area contributed by atoms with Gasteiger partial charge in [0.05, 0.1) is 5.56 Å². The SMILES string of the molecule is O=C(O)c1cc(Cl)ccc1NC1CCC1. The van der Waals surface area contributed by atoms with Gasteiger partial charge in [-0.15, -0.1) is 0 Å². The quantitative estimate of drug-likeness (QED) is 0.832. The average molecular weight is 226 g/mol. The van der Waals surface area contributed by atoms with E-state index in [0.717, 1.165) is 12.8 Å². The average Bonchev–Trinajstić information content (AvgIpc) is 2.12. The zero-order valence-corrected chi connectivity index (χ0v) is 8.92. The van der Waals surface area contributed by atoms with Crippen LogP contribution in [-0.2, 0) is 0 Å². The highest BCUT2D eigenvalue weighted by Crippen LogP contribution is 2.27. The Kier molecular flexibility index (Phi) is 2.82. The lowest BCUT2D eigenvalue weighted by molar-refractivity contribution is 0.0698. The van der Waals surface area contributed by atoms with Gasteiger partial charge in [-0.05, 0) is 37.5 Å². The number of carbonyl (C=O) groups is 1. The van der Waals surface area contributed by atoms with Crippen LogP contribution in [0, 0.1) is 0 Å². The van der Waals surface area contributed by atoms with Gasteiger partial charge in [0.15, 0.2) is 0 Å². The van der Waals surface area contributed by atoms with Gasteiger partial charge < -0.3 is 10.4 Å². The number of rotatable bonds is 3. The largest absolute Gasteiger partial charge is 0.478 e. The van der Waals surface area contributed by atoms with Crippen LogP contribution >= 0.6 is 11.6 Å². The summed E-state index contributed by atoms with van der Waals surface area (Å²) in [7, 11) is 0. The molecule has 1 saturated carbocycles. The summed E-state index contributed by atoms with van der Waals surface area (Å²) in [5.41, 5.74) is 0.908. The van der Waals surface area contributed by atoms with Gasteiger partial charge >= 0.3 is 5.97 Å². The minimum Gasteiger partial charge on any atom is -0.478 e. The van der Waals surface area contributed by atoms with E-state index in [1.165, 1.54) is 12.5 Å². The Morgan fingerprint density at radius 2 is 2.20 bits per heavy atom. The normalized spacial score (nSPS) is 15.8. The molecule has 0 aliphatic heterocycles. The van der Waals surface area contributed by atoms with Crippen LogP contribution < -0.4 is 5.32 Å². The Hall–Kier alpha value is -1.22. The second kappa shape index (κ2) is 4.11. The molecule has 0 unspecified atom stereocenters. The number of carboxylic acid groups (broad SMARTS) is 1. The van der Waals surface area contributed by atoms with Crippen molar-refractivity contribution in [3.8, 4) is 0 Å². The van der Waals surface area contributed by atoms with Gasteiger partial charge in [0.1, 0.15) is 0 Å². The molecule has 0 atom stereocenters. The molecule has 0 bridgehead atoms. The summed E-state index contributed by atoms with van der Waals surface area (Å²) in [6.45, 7) is 0. The van der Waals surface area contributed by atoms with Crippen molar-refractivity contribution in [1.82, 2.24) is 0 Å². The minimum atomic E-state index is -0.945. The number of nitrogens with one attached hydrogen (secondary N) is 1. The molecule has 0 aromatic heterocycles. The third-order valence-electron chi connectivity index (χ3n) is 2.68. The first-order valence-corrected chi connectivity index (χ1v) is 5.34. The molecular weight excluding hydrogens is 214 g/mol. The number of hydrogen-bond acceptors (Lipinski definition) is 2. The highest BCUT2D eigenvalue weighted by Gasteiger charge is 2.19. The molecule has 1 aromatic carbocycles. The summed E-state index contributed by atoms with van der Waals surface area (Å²) in [5.74, 6) is -0.945. The maximum absolute atomic E-state index is 11.0. The lowest BCUT2D eigenvalue weighted by Crippen LogP contribution is -2.27. The van der Waals surface area contributed by atoms with Crippen LogP contribution in [-0.4, -0.2) is 17.1 Å². The third kappa shape index (κ3) is 2.23. The fourth-order valence-corrected chi connectivity index (χ4v) is 1.76. The summed E-state index contributed by atoms with van der Waals surface area (Å²) in [5, 5.41) is 12.7. The molecule has 2 N–H and O–H groups in total. The molecule has 1 fully saturated rings. The highest BCUT2D eigenvalue weighted by molar-refractivity contribution is 6.31. The molecule has 0 saturated heterocycles. The summed E-state index contributed by atoms with van der Waals surface area (Å²) < 4.78 is 0. The molecule has 0 spiro atoms. The second-order valence-electron chi connectivity index (χ2n) is 3.77. The molecule has 15 heavy (non-hydrogen) atoms. The van der Waals surface area contributed by atoms with Crippen LogP contribution in [0.25, 0.3) is 0 Å². The van der Waals surface area contributed by atoms with Crippen molar-refractivity contribution >= 4 is 23.3 Å². The van der Waals surface area contributed by atoms with Gasteiger partial charge in [0, 0.05) is 16.8 Å². The summed E-state index contributed by atoms with van der Waals surface area (Å²) in [6.07, 6.45) is 3.44. The standard InChI is InChI=1S/C11H12ClNO2/c12-7-4-5-10(9(6-7)11(14)15)13-8-2-1-3-8/h4-6,8,13H,1-3H2,(H,14,15). The van der Waals surface area contributed by atoms with E-state index in [0.29, 0.717) is 16.8 Å². The lowest BCUT2D eigenvalue weighted by Gasteiger charge is -2.28. The Morgan fingerprint density at radius 3 is 2.73 bits per heavy atom. The molecule has 2 rings (SSSR count). The van der Waals surface area contributed by atoms with E-state index in [2.05, 4.69) is 5.32 Å². The zero-order valence-electron chi connectivity index (χ0n) is 8.16. The fraction of sp³-hybridized carbons (Fsp3) is 0.364. The minimum absolute atomic E-state index is 0.245. The topological polar surface area (TPSA) is 49.3 Å². The highest BCUT2D eigenvalue weighted by atomic mass is 35.5. The monoisotopic (exact) mass is 225 g/mol. The van der Waals surface area contributed by atoms with Crippen molar-refractivity contribution in [3.63, 3.8) is 0 Å². The number of carboxylic acids is 1. The van der Waals surface area contributed by atoms with Gasteiger partial charge in [0.2, 0.25) is 0 Å². The predicted molar refractivity (Wildman–Crippen MR) is 59.7 cm³/mol. The van der Waals surface area contributed by atoms with Crippen LogP contribution in [0.3, 0.4) is 0 Å². The van der Waals surface area contributed by atoms with Crippen molar-refractivity contribution < 1.29 is 9.90 Å². The smallest absolute Gasteiger partial charge is 0.337 e. The molecule has 0 radical (unpaired) electrons. The number of halogens is 1. The maximum atomic E-state index is 11.0. The molecule has 80 valence electrons. The van der Waals surface area contributed by atoms with Gasteiger partial charge in [-0.25, -0.2) is 4.79 Å². The fourth-order valence-electron chi connectivity index (χ4n) is 1.59. The number of hydrogen-bond donors (Lipinski definition) is 2. The first kappa shape index (κ1) is 10.3. The van der Waals surface area contributed by atoms with E-state index >= 15 is 0 Å². The van der Waals surface area contributed by atoms with Crippen LogP contribution in [0.1, 0.15) is 29.6 Å². The van der Waals surface area contributed by atoms with Gasteiger partial charge in [0.25, 0.3) is 0 Å². The van der Waals surface area contributed by atoms with E-state index in [-0.39, 0.29) is 5.56 Å². The van der Waals surface area contributed by atoms with Crippen molar-refractivity contribution in [2.75, 3.05) is 5.32 Å². The number of anilines is 1. The predicted octanol–water partition coefficient (Wildman–Crippen LogP) is 3.00. The third-order valence-corrected chi connectivity index (χ3v) is 2.91. The molecule has 1 aliphatic rings. The van der Waals surface area contributed by atoms with Crippen molar-refractivity contribution in [1.29, 1.82) is 0 Å². The number of aromatic carboxylic acids is 1.